The van der Waals surface area contributed by atoms with Crippen molar-refractivity contribution in [2.75, 3.05) is 0 Å². The van der Waals surface area contributed by atoms with E-state index in [2.05, 4.69) is 10.3 Å². The molecule has 1 fully saturated rings. The number of fused-ring (bicyclic) bond motifs is 1. The molecule has 1 amide bonds. The Morgan fingerprint density at radius 1 is 1.30 bits per heavy atom. The molecule has 1 N–H and O–H groups in total. The van der Waals surface area contributed by atoms with Gasteiger partial charge < -0.3 is 9.73 Å². The van der Waals surface area contributed by atoms with Crippen molar-refractivity contribution in [2.45, 2.75) is 32.0 Å². The van der Waals surface area contributed by atoms with Crippen LogP contribution in [0.1, 0.15) is 18.6 Å². The van der Waals surface area contributed by atoms with Crippen molar-refractivity contribution in [3.05, 3.63) is 53.0 Å². The van der Waals surface area contributed by atoms with Gasteiger partial charge in [-0.2, -0.15) is 0 Å². The molecule has 3 heterocycles. The topological polar surface area (TPSA) is 82.1 Å². The summed E-state index contributed by atoms with van der Waals surface area (Å²) in [6.45, 7) is 0.291. The van der Waals surface area contributed by atoms with Gasteiger partial charge in [0.15, 0.2) is 5.65 Å². The maximum absolute atomic E-state index is 12.7. The zero-order chi connectivity index (χ0) is 15.8. The van der Waals surface area contributed by atoms with Gasteiger partial charge in [-0.15, -0.1) is 0 Å². The fourth-order valence-corrected chi connectivity index (χ4v) is 2.64. The van der Waals surface area contributed by atoms with E-state index >= 15 is 0 Å². The average molecular weight is 312 g/mol. The molecule has 0 radical (unpaired) electrons. The molecule has 0 atom stereocenters. The molecule has 0 aromatic carbocycles. The Balaban J connectivity index is 1.73. The Morgan fingerprint density at radius 2 is 2.17 bits per heavy atom. The van der Waals surface area contributed by atoms with Crippen molar-refractivity contribution < 1.29 is 9.21 Å². The van der Waals surface area contributed by atoms with E-state index in [-0.39, 0.29) is 30.7 Å². The molecular formula is C16H16N4O3. The average Bonchev–Trinajstić information content (AvgIpc) is 3.14. The first-order valence-corrected chi connectivity index (χ1v) is 7.58. The van der Waals surface area contributed by atoms with Crippen LogP contribution in [0, 0.1) is 0 Å². The Labute approximate surface area is 131 Å². The summed E-state index contributed by atoms with van der Waals surface area (Å²) in [5.41, 5.74) is 0.934. The predicted octanol–water partition coefficient (Wildman–Crippen LogP) is 1.12. The van der Waals surface area contributed by atoms with Crippen molar-refractivity contribution in [1.29, 1.82) is 0 Å². The summed E-state index contributed by atoms with van der Waals surface area (Å²) in [7, 11) is 0. The molecule has 7 nitrogen and oxygen atoms in total. The molecule has 7 heteroatoms. The zero-order valence-electron chi connectivity index (χ0n) is 12.4. The number of nitrogens with zero attached hydrogens (tertiary/aromatic N) is 3. The normalized spacial score (nSPS) is 14.3. The highest BCUT2D eigenvalue weighted by atomic mass is 16.3. The summed E-state index contributed by atoms with van der Waals surface area (Å²) < 4.78 is 8.30. The van der Waals surface area contributed by atoms with Gasteiger partial charge in [0.2, 0.25) is 5.91 Å². The molecule has 0 saturated heterocycles. The van der Waals surface area contributed by atoms with E-state index in [4.69, 9.17) is 4.42 Å². The third-order valence-corrected chi connectivity index (χ3v) is 3.91. The Hall–Kier alpha value is -2.83. The van der Waals surface area contributed by atoms with Crippen LogP contribution in [0.5, 0.6) is 0 Å². The van der Waals surface area contributed by atoms with E-state index in [1.165, 1.54) is 9.13 Å². The van der Waals surface area contributed by atoms with Gasteiger partial charge in [0.1, 0.15) is 12.3 Å². The van der Waals surface area contributed by atoms with Crippen LogP contribution in [0.25, 0.3) is 11.2 Å². The quantitative estimate of drug-likeness (QED) is 0.765. The van der Waals surface area contributed by atoms with E-state index in [0.29, 0.717) is 16.9 Å². The molecule has 3 aromatic heterocycles. The highest BCUT2D eigenvalue weighted by molar-refractivity contribution is 5.79. The number of carbonyl (C=O) groups excluding carboxylic acids is 1. The second kappa shape index (κ2) is 5.42. The SMILES string of the molecule is O=C(Cn1c(=O)n(Cc2ccco2)c2ncccc21)NC1CC1. The molecule has 23 heavy (non-hydrogen) atoms. The molecule has 1 saturated carbocycles. The minimum atomic E-state index is -0.263. The van der Waals surface area contributed by atoms with Gasteiger partial charge in [0.25, 0.3) is 0 Å². The summed E-state index contributed by atoms with van der Waals surface area (Å²) >= 11 is 0. The number of hydrogen-bond acceptors (Lipinski definition) is 4. The molecule has 0 unspecified atom stereocenters. The van der Waals surface area contributed by atoms with Crippen LogP contribution in [0.4, 0.5) is 0 Å². The Morgan fingerprint density at radius 3 is 2.91 bits per heavy atom. The minimum absolute atomic E-state index is 0.00266. The van der Waals surface area contributed by atoms with Gasteiger partial charge in [-0.3, -0.25) is 13.9 Å². The molecule has 1 aliphatic carbocycles. The molecule has 0 bridgehead atoms. The largest absolute Gasteiger partial charge is 0.467 e. The zero-order valence-corrected chi connectivity index (χ0v) is 12.4. The number of furan rings is 1. The van der Waals surface area contributed by atoms with Gasteiger partial charge in [0, 0.05) is 12.2 Å². The number of carbonyl (C=O) groups is 1. The van der Waals surface area contributed by atoms with Crippen LogP contribution in [0.15, 0.2) is 45.9 Å². The van der Waals surface area contributed by atoms with E-state index < -0.39 is 0 Å². The first kappa shape index (κ1) is 13.8. The summed E-state index contributed by atoms with van der Waals surface area (Å²) in [6.07, 6.45) is 5.23. The Kier molecular flexibility index (Phi) is 3.25. The number of hydrogen-bond donors (Lipinski definition) is 1. The smallest absolute Gasteiger partial charge is 0.331 e. The van der Waals surface area contributed by atoms with Crippen molar-refractivity contribution in [1.82, 2.24) is 19.4 Å². The molecule has 1 aliphatic rings. The molecule has 4 rings (SSSR count). The fourth-order valence-electron chi connectivity index (χ4n) is 2.64. The number of amides is 1. The highest BCUT2D eigenvalue weighted by Crippen LogP contribution is 2.18. The minimum Gasteiger partial charge on any atom is -0.467 e. The third kappa shape index (κ3) is 2.65. The van der Waals surface area contributed by atoms with Crippen LogP contribution in [0.3, 0.4) is 0 Å². The molecular weight excluding hydrogens is 296 g/mol. The van der Waals surface area contributed by atoms with Crippen molar-refractivity contribution in [2.24, 2.45) is 0 Å². The van der Waals surface area contributed by atoms with E-state index in [0.717, 1.165) is 12.8 Å². The van der Waals surface area contributed by atoms with Crippen LogP contribution >= 0.6 is 0 Å². The van der Waals surface area contributed by atoms with Gasteiger partial charge in [0.05, 0.1) is 18.3 Å². The van der Waals surface area contributed by atoms with Crippen LogP contribution in [0.2, 0.25) is 0 Å². The molecule has 118 valence electrons. The van der Waals surface area contributed by atoms with Crippen molar-refractivity contribution in [3.8, 4) is 0 Å². The van der Waals surface area contributed by atoms with Gasteiger partial charge >= 0.3 is 5.69 Å². The lowest BCUT2D eigenvalue weighted by molar-refractivity contribution is -0.121. The van der Waals surface area contributed by atoms with Gasteiger partial charge in [-0.1, -0.05) is 0 Å². The Bertz CT molecular complexity index is 903. The predicted molar refractivity (Wildman–Crippen MR) is 83.0 cm³/mol. The first-order chi connectivity index (χ1) is 11.2. The van der Waals surface area contributed by atoms with Crippen LogP contribution in [-0.4, -0.2) is 26.1 Å². The maximum Gasteiger partial charge on any atom is 0.331 e. The van der Waals surface area contributed by atoms with Gasteiger partial charge in [-0.25, -0.2) is 9.78 Å². The molecule has 0 spiro atoms. The van der Waals surface area contributed by atoms with Gasteiger partial charge in [-0.05, 0) is 37.1 Å². The van der Waals surface area contributed by atoms with Crippen LogP contribution < -0.4 is 11.0 Å². The number of imidazole rings is 1. The standard InChI is InChI=1S/C16H16N4O3/c21-14(18-11-5-6-11)10-19-13-4-1-7-17-15(13)20(16(19)22)9-12-3-2-8-23-12/h1-4,7-8,11H,5-6,9-10H2,(H,18,21). The number of rotatable bonds is 5. The molecule has 0 aliphatic heterocycles. The van der Waals surface area contributed by atoms with E-state index in [1.807, 2.05) is 0 Å². The van der Waals surface area contributed by atoms with E-state index in [1.54, 1.807) is 36.7 Å². The van der Waals surface area contributed by atoms with E-state index in [9.17, 15) is 9.59 Å². The first-order valence-electron chi connectivity index (χ1n) is 7.58. The second-order valence-corrected chi connectivity index (χ2v) is 5.72. The van der Waals surface area contributed by atoms with Crippen molar-refractivity contribution in [3.63, 3.8) is 0 Å². The number of nitrogens with one attached hydrogen (secondary N) is 1. The fraction of sp³-hybridized carbons (Fsp3) is 0.312. The maximum atomic E-state index is 12.7. The summed E-state index contributed by atoms with van der Waals surface area (Å²) in [4.78, 5) is 29.1. The number of aromatic nitrogens is 3. The molecule has 3 aromatic rings. The highest BCUT2D eigenvalue weighted by Gasteiger charge is 2.24. The summed E-state index contributed by atoms with van der Waals surface area (Å²) in [6, 6.07) is 7.41. The van der Waals surface area contributed by atoms with Crippen LogP contribution in [-0.2, 0) is 17.9 Å². The third-order valence-electron chi connectivity index (χ3n) is 3.91. The van der Waals surface area contributed by atoms with Crippen molar-refractivity contribution >= 4 is 17.1 Å². The lowest BCUT2D eigenvalue weighted by atomic mass is 10.4. The number of pyridine rings is 1. The monoisotopic (exact) mass is 312 g/mol. The summed E-state index contributed by atoms with van der Waals surface area (Å²) in [5.74, 6) is 0.523. The second-order valence-electron chi connectivity index (χ2n) is 5.72. The lowest BCUT2D eigenvalue weighted by Gasteiger charge is -2.04. The summed E-state index contributed by atoms with van der Waals surface area (Å²) in [5, 5.41) is 2.90. The lowest BCUT2D eigenvalue weighted by Crippen LogP contribution is -2.34.